The molecule has 0 N–H and O–H groups in total. The predicted molar refractivity (Wildman–Crippen MR) is 62.2 cm³/mol. The third kappa shape index (κ3) is 2.24. The SMILES string of the molecule is CC.COc1cccc2c(C)ncnc12. The molecule has 15 heavy (non-hydrogen) atoms. The van der Waals surface area contributed by atoms with E-state index in [2.05, 4.69) is 9.97 Å². The summed E-state index contributed by atoms with van der Waals surface area (Å²) >= 11 is 0. The summed E-state index contributed by atoms with van der Waals surface area (Å²) in [5.74, 6) is 0.794. The molecule has 2 aromatic rings. The van der Waals surface area contributed by atoms with E-state index >= 15 is 0 Å². The van der Waals surface area contributed by atoms with E-state index in [0.717, 1.165) is 22.3 Å². The first kappa shape index (κ1) is 11.4. The minimum absolute atomic E-state index is 0.794. The molecule has 0 amide bonds. The predicted octanol–water partition coefficient (Wildman–Crippen LogP) is 2.97. The van der Waals surface area contributed by atoms with Crippen LogP contribution in [-0.2, 0) is 0 Å². The first-order chi connectivity index (χ1) is 7.33. The first-order valence-corrected chi connectivity index (χ1v) is 5.07. The Hall–Kier alpha value is -1.64. The lowest BCUT2D eigenvalue weighted by Crippen LogP contribution is -1.90. The van der Waals surface area contributed by atoms with Gasteiger partial charge in [-0.25, -0.2) is 9.97 Å². The molecule has 0 radical (unpaired) electrons. The van der Waals surface area contributed by atoms with Gasteiger partial charge in [0.15, 0.2) is 0 Å². The maximum atomic E-state index is 5.19. The molecule has 80 valence electrons. The number of aromatic nitrogens is 2. The number of methoxy groups -OCH3 is 1. The largest absolute Gasteiger partial charge is 0.494 e. The fraction of sp³-hybridized carbons (Fsp3) is 0.333. The molecular weight excluding hydrogens is 188 g/mol. The van der Waals surface area contributed by atoms with Crippen molar-refractivity contribution >= 4 is 10.9 Å². The van der Waals surface area contributed by atoms with Gasteiger partial charge in [-0.1, -0.05) is 26.0 Å². The number of fused-ring (bicyclic) bond motifs is 1. The Morgan fingerprint density at radius 3 is 2.53 bits per heavy atom. The molecule has 0 atom stereocenters. The topological polar surface area (TPSA) is 35.0 Å². The second-order valence-electron chi connectivity index (χ2n) is 2.82. The van der Waals surface area contributed by atoms with Gasteiger partial charge in [-0.2, -0.15) is 0 Å². The summed E-state index contributed by atoms with van der Waals surface area (Å²) in [7, 11) is 1.65. The molecule has 2 rings (SSSR count). The molecule has 0 unspecified atom stereocenters. The van der Waals surface area contributed by atoms with Crippen molar-refractivity contribution in [3.8, 4) is 5.75 Å². The van der Waals surface area contributed by atoms with Crippen LogP contribution in [0.2, 0.25) is 0 Å². The molecule has 0 aliphatic rings. The minimum atomic E-state index is 0.794. The van der Waals surface area contributed by atoms with Gasteiger partial charge in [0.1, 0.15) is 17.6 Å². The second kappa shape index (κ2) is 5.29. The Bertz CT molecular complexity index is 441. The van der Waals surface area contributed by atoms with Crippen LogP contribution in [0.4, 0.5) is 0 Å². The summed E-state index contributed by atoms with van der Waals surface area (Å²) in [6.45, 7) is 5.96. The number of hydrogen-bond donors (Lipinski definition) is 0. The first-order valence-electron chi connectivity index (χ1n) is 5.07. The third-order valence-electron chi connectivity index (χ3n) is 2.05. The molecule has 0 spiro atoms. The van der Waals surface area contributed by atoms with Gasteiger partial charge in [0.2, 0.25) is 0 Å². The van der Waals surface area contributed by atoms with E-state index in [4.69, 9.17) is 4.74 Å². The summed E-state index contributed by atoms with van der Waals surface area (Å²) in [6, 6.07) is 5.83. The molecular formula is C12H16N2O. The van der Waals surface area contributed by atoms with Gasteiger partial charge >= 0.3 is 0 Å². The van der Waals surface area contributed by atoms with Crippen LogP contribution in [0, 0.1) is 6.92 Å². The smallest absolute Gasteiger partial charge is 0.145 e. The van der Waals surface area contributed by atoms with Crippen molar-refractivity contribution in [1.29, 1.82) is 0 Å². The van der Waals surface area contributed by atoms with Crippen LogP contribution < -0.4 is 4.74 Å². The Balaban J connectivity index is 0.000000531. The van der Waals surface area contributed by atoms with Crippen LogP contribution in [0.25, 0.3) is 10.9 Å². The van der Waals surface area contributed by atoms with Crippen molar-refractivity contribution in [2.24, 2.45) is 0 Å². The Morgan fingerprint density at radius 1 is 1.13 bits per heavy atom. The number of aryl methyl sites for hydroxylation is 1. The van der Waals surface area contributed by atoms with E-state index in [9.17, 15) is 0 Å². The monoisotopic (exact) mass is 204 g/mol. The van der Waals surface area contributed by atoms with Gasteiger partial charge in [-0.15, -0.1) is 0 Å². The van der Waals surface area contributed by atoms with Crippen LogP contribution in [0.1, 0.15) is 19.5 Å². The van der Waals surface area contributed by atoms with Crippen molar-refractivity contribution in [2.45, 2.75) is 20.8 Å². The zero-order valence-corrected chi connectivity index (χ0v) is 9.61. The lowest BCUT2D eigenvalue weighted by atomic mass is 10.2. The number of benzene rings is 1. The standard InChI is InChI=1S/C10H10N2O.C2H6/c1-7-8-4-3-5-9(13-2)10(8)12-6-11-7;1-2/h3-6H,1-2H3;1-2H3. The summed E-state index contributed by atoms with van der Waals surface area (Å²) in [6.07, 6.45) is 1.56. The van der Waals surface area contributed by atoms with Gasteiger partial charge in [0, 0.05) is 11.1 Å². The molecule has 0 aliphatic heterocycles. The van der Waals surface area contributed by atoms with Crippen LogP contribution in [0.5, 0.6) is 5.75 Å². The number of nitrogens with zero attached hydrogens (tertiary/aromatic N) is 2. The highest BCUT2D eigenvalue weighted by atomic mass is 16.5. The third-order valence-corrected chi connectivity index (χ3v) is 2.05. The lowest BCUT2D eigenvalue weighted by Gasteiger charge is -2.04. The van der Waals surface area contributed by atoms with E-state index in [1.165, 1.54) is 0 Å². The van der Waals surface area contributed by atoms with Gasteiger partial charge in [-0.3, -0.25) is 0 Å². The minimum Gasteiger partial charge on any atom is -0.494 e. The maximum absolute atomic E-state index is 5.19. The van der Waals surface area contributed by atoms with Crippen molar-refractivity contribution in [2.75, 3.05) is 7.11 Å². The molecule has 1 aromatic heterocycles. The molecule has 0 aliphatic carbocycles. The fourth-order valence-corrected chi connectivity index (χ4v) is 1.35. The average Bonchev–Trinajstić information content (AvgIpc) is 2.32. The Morgan fingerprint density at radius 2 is 1.87 bits per heavy atom. The molecule has 0 saturated heterocycles. The van der Waals surface area contributed by atoms with E-state index < -0.39 is 0 Å². The van der Waals surface area contributed by atoms with Crippen molar-refractivity contribution < 1.29 is 4.74 Å². The molecule has 0 bridgehead atoms. The van der Waals surface area contributed by atoms with Crippen LogP contribution in [0.15, 0.2) is 24.5 Å². The fourth-order valence-electron chi connectivity index (χ4n) is 1.35. The zero-order valence-electron chi connectivity index (χ0n) is 9.61. The summed E-state index contributed by atoms with van der Waals surface area (Å²) in [4.78, 5) is 8.29. The van der Waals surface area contributed by atoms with E-state index in [0.29, 0.717) is 0 Å². The number of ether oxygens (including phenoxy) is 1. The van der Waals surface area contributed by atoms with Crippen LogP contribution in [0.3, 0.4) is 0 Å². The molecule has 3 nitrogen and oxygen atoms in total. The summed E-state index contributed by atoms with van der Waals surface area (Å²) in [5, 5.41) is 1.04. The normalized spacial score (nSPS) is 9.33. The highest BCUT2D eigenvalue weighted by Crippen LogP contribution is 2.23. The summed E-state index contributed by atoms with van der Waals surface area (Å²) < 4.78 is 5.19. The Kier molecular flexibility index (Phi) is 4.03. The highest BCUT2D eigenvalue weighted by Gasteiger charge is 2.03. The van der Waals surface area contributed by atoms with Gasteiger partial charge < -0.3 is 4.74 Å². The lowest BCUT2D eigenvalue weighted by molar-refractivity contribution is 0.419. The quantitative estimate of drug-likeness (QED) is 0.716. The number of hydrogen-bond acceptors (Lipinski definition) is 3. The average molecular weight is 204 g/mol. The van der Waals surface area contributed by atoms with E-state index in [1.54, 1.807) is 13.4 Å². The van der Waals surface area contributed by atoms with E-state index in [-0.39, 0.29) is 0 Å². The molecule has 0 fully saturated rings. The van der Waals surface area contributed by atoms with Crippen LogP contribution in [-0.4, -0.2) is 17.1 Å². The summed E-state index contributed by atoms with van der Waals surface area (Å²) in [5.41, 5.74) is 1.85. The highest BCUT2D eigenvalue weighted by molar-refractivity contribution is 5.85. The van der Waals surface area contributed by atoms with E-state index in [1.807, 2.05) is 39.0 Å². The van der Waals surface area contributed by atoms with Crippen molar-refractivity contribution in [3.05, 3.63) is 30.2 Å². The van der Waals surface area contributed by atoms with Crippen molar-refractivity contribution in [1.82, 2.24) is 9.97 Å². The Labute approximate surface area is 90.1 Å². The number of rotatable bonds is 1. The maximum Gasteiger partial charge on any atom is 0.145 e. The van der Waals surface area contributed by atoms with Gasteiger partial charge in [0.25, 0.3) is 0 Å². The van der Waals surface area contributed by atoms with Gasteiger partial charge in [0.05, 0.1) is 7.11 Å². The van der Waals surface area contributed by atoms with Crippen molar-refractivity contribution in [3.63, 3.8) is 0 Å². The molecule has 1 heterocycles. The molecule has 0 saturated carbocycles. The zero-order chi connectivity index (χ0) is 11.3. The molecule has 1 aromatic carbocycles. The van der Waals surface area contributed by atoms with Crippen LogP contribution >= 0.6 is 0 Å². The molecule has 3 heteroatoms. The second-order valence-corrected chi connectivity index (χ2v) is 2.82. The number of para-hydroxylation sites is 1. The van der Waals surface area contributed by atoms with Gasteiger partial charge in [-0.05, 0) is 13.0 Å².